The summed E-state index contributed by atoms with van der Waals surface area (Å²) in [5.74, 6) is 0. The number of hydrogen-bond donors (Lipinski definition) is 0. The summed E-state index contributed by atoms with van der Waals surface area (Å²) in [6, 6.07) is 5.76. The van der Waals surface area contributed by atoms with E-state index in [-0.39, 0.29) is 0 Å². The second-order valence-electron chi connectivity index (χ2n) is 1.69. The standard InChI is InChI=1S/C6H6ClNS/c1-5-3-2-4-6(8-5)9-7/h2-4H,1H3. The summed E-state index contributed by atoms with van der Waals surface area (Å²) in [6.07, 6.45) is 0. The van der Waals surface area contributed by atoms with Gasteiger partial charge in [0.05, 0.1) is 0 Å². The van der Waals surface area contributed by atoms with Crippen LogP contribution in [0.2, 0.25) is 0 Å². The molecule has 0 saturated heterocycles. The minimum Gasteiger partial charge on any atom is -0.246 e. The van der Waals surface area contributed by atoms with Gasteiger partial charge in [-0.05, 0) is 29.7 Å². The van der Waals surface area contributed by atoms with Crippen molar-refractivity contribution in [2.24, 2.45) is 0 Å². The van der Waals surface area contributed by atoms with Crippen molar-refractivity contribution in [2.75, 3.05) is 0 Å². The molecule has 1 aromatic rings. The zero-order valence-corrected chi connectivity index (χ0v) is 6.54. The zero-order valence-electron chi connectivity index (χ0n) is 4.97. The van der Waals surface area contributed by atoms with Crippen LogP contribution < -0.4 is 0 Å². The maximum Gasteiger partial charge on any atom is 0.112 e. The zero-order chi connectivity index (χ0) is 6.69. The molecular weight excluding hydrogens is 154 g/mol. The van der Waals surface area contributed by atoms with Gasteiger partial charge in [-0.1, -0.05) is 6.07 Å². The molecule has 9 heavy (non-hydrogen) atoms. The van der Waals surface area contributed by atoms with Crippen LogP contribution in [0.1, 0.15) is 5.69 Å². The van der Waals surface area contributed by atoms with E-state index in [0.717, 1.165) is 21.7 Å². The number of aromatic nitrogens is 1. The number of aryl methyl sites for hydroxylation is 1. The third kappa shape index (κ3) is 1.88. The van der Waals surface area contributed by atoms with Crippen molar-refractivity contribution in [3.63, 3.8) is 0 Å². The van der Waals surface area contributed by atoms with Gasteiger partial charge in [-0.2, -0.15) is 0 Å². The van der Waals surface area contributed by atoms with E-state index in [1.165, 1.54) is 0 Å². The molecule has 3 heteroatoms. The van der Waals surface area contributed by atoms with Crippen LogP contribution in [0.4, 0.5) is 0 Å². The maximum absolute atomic E-state index is 5.45. The van der Waals surface area contributed by atoms with Crippen LogP contribution in [0.3, 0.4) is 0 Å². The summed E-state index contributed by atoms with van der Waals surface area (Å²) < 4.78 is 0. The molecule has 48 valence electrons. The lowest BCUT2D eigenvalue weighted by Crippen LogP contribution is -1.79. The van der Waals surface area contributed by atoms with E-state index >= 15 is 0 Å². The maximum atomic E-state index is 5.45. The Morgan fingerprint density at radius 2 is 2.33 bits per heavy atom. The Labute approximate surface area is 62.9 Å². The first-order valence-corrected chi connectivity index (χ1v) is 4.19. The van der Waals surface area contributed by atoms with Gasteiger partial charge in [0.25, 0.3) is 0 Å². The van der Waals surface area contributed by atoms with E-state index < -0.39 is 0 Å². The molecule has 1 aromatic heterocycles. The van der Waals surface area contributed by atoms with Crippen molar-refractivity contribution < 1.29 is 0 Å². The molecule has 0 aliphatic rings. The lowest BCUT2D eigenvalue weighted by Gasteiger charge is -1.92. The molecule has 0 N–H and O–H groups in total. The van der Waals surface area contributed by atoms with E-state index in [9.17, 15) is 0 Å². The number of rotatable bonds is 1. The van der Waals surface area contributed by atoms with E-state index in [0.29, 0.717) is 0 Å². The van der Waals surface area contributed by atoms with Gasteiger partial charge in [0.15, 0.2) is 0 Å². The topological polar surface area (TPSA) is 12.9 Å². The largest absolute Gasteiger partial charge is 0.246 e. The molecular formula is C6H6ClNS. The summed E-state index contributed by atoms with van der Waals surface area (Å²) in [6.45, 7) is 1.94. The first kappa shape index (κ1) is 6.90. The van der Waals surface area contributed by atoms with Crippen molar-refractivity contribution in [2.45, 2.75) is 11.9 Å². The van der Waals surface area contributed by atoms with E-state index in [2.05, 4.69) is 4.98 Å². The fourth-order valence-corrected chi connectivity index (χ4v) is 1.13. The second kappa shape index (κ2) is 3.08. The molecule has 1 nitrogen and oxygen atoms in total. The van der Waals surface area contributed by atoms with E-state index in [4.69, 9.17) is 10.7 Å². The number of nitrogens with zero attached hydrogens (tertiary/aromatic N) is 1. The van der Waals surface area contributed by atoms with Crippen molar-refractivity contribution in [1.82, 2.24) is 4.98 Å². The van der Waals surface area contributed by atoms with Crippen LogP contribution in [-0.2, 0) is 0 Å². The van der Waals surface area contributed by atoms with Crippen LogP contribution >= 0.6 is 21.7 Å². The molecule has 0 atom stereocenters. The average molecular weight is 160 g/mol. The Kier molecular flexibility index (Phi) is 2.37. The minimum atomic E-state index is 0.858. The SMILES string of the molecule is Cc1cccc(SCl)n1. The first-order chi connectivity index (χ1) is 4.33. The quantitative estimate of drug-likeness (QED) is 0.625. The average Bonchev–Trinajstić information content (AvgIpc) is 1.88. The highest BCUT2D eigenvalue weighted by molar-refractivity contribution is 8.21. The Morgan fingerprint density at radius 1 is 1.56 bits per heavy atom. The summed E-state index contributed by atoms with van der Waals surface area (Å²) in [4.78, 5) is 4.12. The third-order valence-corrected chi connectivity index (χ3v) is 1.80. The highest BCUT2D eigenvalue weighted by atomic mass is 35.7. The number of halogens is 1. The highest BCUT2D eigenvalue weighted by Crippen LogP contribution is 2.18. The summed E-state index contributed by atoms with van der Waals surface area (Å²) in [7, 11) is 6.60. The molecule has 1 heterocycles. The van der Waals surface area contributed by atoms with Gasteiger partial charge < -0.3 is 0 Å². The van der Waals surface area contributed by atoms with Crippen molar-refractivity contribution >= 4 is 21.7 Å². The van der Waals surface area contributed by atoms with Crippen LogP contribution in [0, 0.1) is 6.92 Å². The third-order valence-electron chi connectivity index (χ3n) is 0.942. The molecule has 0 spiro atoms. The molecule has 0 bridgehead atoms. The summed E-state index contributed by atoms with van der Waals surface area (Å²) in [5, 5.41) is 0.858. The van der Waals surface area contributed by atoms with Gasteiger partial charge >= 0.3 is 0 Å². The summed E-state index contributed by atoms with van der Waals surface area (Å²) in [5.41, 5.74) is 1.00. The molecule has 0 aliphatic carbocycles. The van der Waals surface area contributed by atoms with Crippen LogP contribution in [0.15, 0.2) is 23.2 Å². The lowest BCUT2D eigenvalue weighted by molar-refractivity contribution is 1.07. The molecule has 0 amide bonds. The Morgan fingerprint density at radius 3 is 2.78 bits per heavy atom. The number of pyridine rings is 1. The van der Waals surface area contributed by atoms with Gasteiger partial charge in [-0.3, -0.25) is 0 Å². The Hall–Kier alpha value is -0.210. The molecule has 1 rings (SSSR count). The molecule has 0 aliphatic heterocycles. The Balaban J connectivity index is 2.94. The van der Waals surface area contributed by atoms with E-state index in [1.54, 1.807) is 0 Å². The van der Waals surface area contributed by atoms with E-state index in [1.807, 2.05) is 25.1 Å². The normalized spacial score (nSPS) is 9.56. The smallest absolute Gasteiger partial charge is 0.112 e. The minimum absolute atomic E-state index is 0.858. The van der Waals surface area contributed by atoms with Gasteiger partial charge in [-0.15, -0.1) is 0 Å². The highest BCUT2D eigenvalue weighted by Gasteiger charge is 1.89. The fourth-order valence-electron chi connectivity index (χ4n) is 0.561. The van der Waals surface area contributed by atoms with Gasteiger partial charge in [0.2, 0.25) is 0 Å². The van der Waals surface area contributed by atoms with Gasteiger partial charge in [-0.25, -0.2) is 4.98 Å². The molecule has 0 unspecified atom stereocenters. The first-order valence-electron chi connectivity index (χ1n) is 2.55. The number of hydrogen-bond acceptors (Lipinski definition) is 2. The molecule has 0 radical (unpaired) electrons. The van der Waals surface area contributed by atoms with Gasteiger partial charge in [0, 0.05) is 16.7 Å². The lowest BCUT2D eigenvalue weighted by atomic mass is 10.4. The second-order valence-corrected chi connectivity index (χ2v) is 2.73. The van der Waals surface area contributed by atoms with Crippen LogP contribution in [-0.4, -0.2) is 4.98 Å². The predicted molar refractivity (Wildman–Crippen MR) is 40.7 cm³/mol. The van der Waals surface area contributed by atoms with Crippen LogP contribution in [0.25, 0.3) is 0 Å². The Bertz CT molecular complexity index is 202. The predicted octanol–water partition coefficient (Wildman–Crippen LogP) is 2.64. The fraction of sp³-hybridized carbons (Fsp3) is 0.167. The molecule has 0 fully saturated rings. The van der Waals surface area contributed by atoms with Crippen LogP contribution in [0.5, 0.6) is 0 Å². The molecule has 0 saturated carbocycles. The molecule has 0 aromatic carbocycles. The monoisotopic (exact) mass is 159 g/mol. The summed E-state index contributed by atoms with van der Waals surface area (Å²) >= 11 is 0. The van der Waals surface area contributed by atoms with Gasteiger partial charge in [0.1, 0.15) is 5.03 Å². The van der Waals surface area contributed by atoms with Crippen molar-refractivity contribution in [1.29, 1.82) is 0 Å². The van der Waals surface area contributed by atoms with Crippen molar-refractivity contribution in [3.8, 4) is 0 Å². The van der Waals surface area contributed by atoms with Crippen molar-refractivity contribution in [3.05, 3.63) is 23.9 Å².